The standard InChI is InChI=1S/C13H16BrNO2/c1-15(8-12-3-2-6-17-12)13-7-11(14)5-4-10(13)9-16/h4-5,7,9,12H,2-3,6,8H2,1H3. The van der Waals surface area contributed by atoms with E-state index in [-0.39, 0.29) is 0 Å². The Balaban J connectivity index is 2.13. The second-order valence-electron chi connectivity index (χ2n) is 4.34. The van der Waals surface area contributed by atoms with Gasteiger partial charge in [0.2, 0.25) is 0 Å². The van der Waals surface area contributed by atoms with Gasteiger partial charge in [-0.15, -0.1) is 0 Å². The Hall–Kier alpha value is -0.870. The molecule has 1 aliphatic heterocycles. The smallest absolute Gasteiger partial charge is 0.152 e. The lowest BCUT2D eigenvalue weighted by molar-refractivity contribution is 0.111. The summed E-state index contributed by atoms with van der Waals surface area (Å²) in [6.07, 6.45) is 3.43. The Morgan fingerprint density at radius 2 is 2.41 bits per heavy atom. The zero-order chi connectivity index (χ0) is 12.3. The van der Waals surface area contributed by atoms with E-state index in [1.54, 1.807) is 0 Å². The van der Waals surface area contributed by atoms with Crippen molar-refractivity contribution < 1.29 is 9.53 Å². The average molecular weight is 298 g/mol. The number of anilines is 1. The number of aldehydes is 1. The molecule has 0 aliphatic carbocycles. The Morgan fingerprint density at radius 3 is 3.06 bits per heavy atom. The summed E-state index contributed by atoms with van der Waals surface area (Å²) < 4.78 is 6.59. The molecule has 4 heteroatoms. The number of hydrogen-bond acceptors (Lipinski definition) is 3. The predicted octanol–water partition coefficient (Wildman–Crippen LogP) is 2.88. The molecule has 0 spiro atoms. The van der Waals surface area contributed by atoms with Gasteiger partial charge in [-0.05, 0) is 31.0 Å². The number of likely N-dealkylation sites (N-methyl/N-ethyl adjacent to an activating group) is 1. The van der Waals surface area contributed by atoms with E-state index >= 15 is 0 Å². The molecule has 1 saturated heterocycles. The van der Waals surface area contributed by atoms with Gasteiger partial charge in [0.05, 0.1) is 6.10 Å². The Kier molecular flexibility index (Phi) is 4.18. The molecule has 1 unspecified atom stereocenters. The summed E-state index contributed by atoms with van der Waals surface area (Å²) in [5.74, 6) is 0. The van der Waals surface area contributed by atoms with E-state index in [0.29, 0.717) is 11.7 Å². The van der Waals surface area contributed by atoms with Crippen molar-refractivity contribution in [3.63, 3.8) is 0 Å². The van der Waals surface area contributed by atoms with Crippen LogP contribution < -0.4 is 4.90 Å². The molecule has 1 fully saturated rings. The van der Waals surface area contributed by atoms with E-state index in [1.807, 2.05) is 25.2 Å². The molecule has 17 heavy (non-hydrogen) atoms. The molecule has 0 saturated carbocycles. The second-order valence-corrected chi connectivity index (χ2v) is 5.25. The highest BCUT2D eigenvalue weighted by Gasteiger charge is 2.18. The number of carbonyl (C=O) groups is 1. The minimum atomic E-state index is 0.290. The van der Waals surface area contributed by atoms with Crippen molar-refractivity contribution in [1.82, 2.24) is 0 Å². The molecule has 1 aromatic rings. The molecule has 1 atom stereocenters. The van der Waals surface area contributed by atoms with Gasteiger partial charge < -0.3 is 9.64 Å². The van der Waals surface area contributed by atoms with Gasteiger partial charge in [-0.1, -0.05) is 15.9 Å². The van der Waals surface area contributed by atoms with E-state index in [9.17, 15) is 4.79 Å². The molecule has 0 aromatic heterocycles. The van der Waals surface area contributed by atoms with Crippen molar-refractivity contribution in [2.75, 3.05) is 25.1 Å². The minimum Gasteiger partial charge on any atom is -0.376 e. The summed E-state index contributed by atoms with van der Waals surface area (Å²) in [6, 6.07) is 5.68. The van der Waals surface area contributed by atoms with Gasteiger partial charge >= 0.3 is 0 Å². The summed E-state index contributed by atoms with van der Waals surface area (Å²) in [5, 5.41) is 0. The number of carbonyl (C=O) groups excluding carboxylic acids is 1. The highest BCUT2D eigenvalue weighted by Crippen LogP contribution is 2.24. The van der Waals surface area contributed by atoms with Gasteiger partial charge in [0.25, 0.3) is 0 Å². The van der Waals surface area contributed by atoms with Gasteiger partial charge in [0.1, 0.15) is 0 Å². The molecule has 1 aliphatic rings. The van der Waals surface area contributed by atoms with Crippen LogP contribution in [-0.2, 0) is 4.74 Å². The molecule has 0 N–H and O–H groups in total. The topological polar surface area (TPSA) is 29.5 Å². The lowest BCUT2D eigenvalue weighted by Crippen LogP contribution is -2.29. The molecule has 1 heterocycles. The zero-order valence-electron chi connectivity index (χ0n) is 9.86. The number of halogens is 1. The fraction of sp³-hybridized carbons (Fsp3) is 0.462. The summed E-state index contributed by atoms with van der Waals surface area (Å²) in [4.78, 5) is 13.1. The van der Waals surface area contributed by atoms with Gasteiger partial charge in [-0.2, -0.15) is 0 Å². The second kappa shape index (κ2) is 5.65. The fourth-order valence-corrected chi connectivity index (χ4v) is 2.49. The Morgan fingerprint density at radius 1 is 1.59 bits per heavy atom. The van der Waals surface area contributed by atoms with Crippen LogP contribution in [0.1, 0.15) is 23.2 Å². The third-order valence-electron chi connectivity index (χ3n) is 3.03. The third-order valence-corrected chi connectivity index (χ3v) is 3.53. The molecule has 0 radical (unpaired) electrons. The van der Waals surface area contributed by atoms with Crippen LogP contribution in [0.15, 0.2) is 22.7 Å². The van der Waals surface area contributed by atoms with Crippen LogP contribution in [0.5, 0.6) is 0 Å². The van der Waals surface area contributed by atoms with Gasteiger partial charge in [0, 0.05) is 35.9 Å². The van der Waals surface area contributed by atoms with Crippen LogP contribution in [0, 0.1) is 0 Å². The summed E-state index contributed by atoms with van der Waals surface area (Å²) in [7, 11) is 2.00. The monoisotopic (exact) mass is 297 g/mol. The largest absolute Gasteiger partial charge is 0.376 e. The summed E-state index contributed by atoms with van der Waals surface area (Å²) in [5.41, 5.74) is 1.67. The first-order valence-electron chi connectivity index (χ1n) is 5.78. The van der Waals surface area contributed by atoms with E-state index in [0.717, 1.165) is 42.4 Å². The molecule has 3 nitrogen and oxygen atoms in total. The first kappa shape index (κ1) is 12.6. The zero-order valence-corrected chi connectivity index (χ0v) is 11.4. The maximum Gasteiger partial charge on any atom is 0.152 e. The van der Waals surface area contributed by atoms with Crippen LogP contribution in [0.3, 0.4) is 0 Å². The minimum absolute atomic E-state index is 0.290. The number of rotatable bonds is 4. The van der Waals surface area contributed by atoms with E-state index in [2.05, 4.69) is 20.8 Å². The van der Waals surface area contributed by atoms with Crippen LogP contribution in [0.4, 0.5) is 5.69 Å². The average Bonchev–Trinajstić information content (AvgIpc) is 2.81. The number of ether oxygens (including phenoxy) is 1. The number of hydrogen-bond donors (Lipinski definition) is 0. The lowest BCUT2D eigenvalue weighted by atomic mass is 10.1. The first-order chi connectivity index (χ1) is 8.20. The van der Waals surface area contributed by atoms with Crippen molar-refractivity contribution in [1.29, 1.82) is 0 Å². The SMILES string of the molecule is CN(CC1CCCO1)c1cc(Br)ccc1C=O. The van der Waals surface area contributed by atoms with Crippen molar-refractivity contribution in [2.24, 2.45) is 0 Å². The number of benzene rings is 1. The first-order valence-corrected chi connectivity index (χ1v) is 6.57. The highest BCUT2D eigenvalue weighted by molar-refractivity contribution is 9.10. The fourth-order valence-electron chi connectivity index (χ4n) is 2.14. The van der Waals surface area contributed by atoms with Crippen molar-refractivity contribution >= 4 is 27.9 Å². The lowest BCUT2D eigenvalue weighted by Gasteiger charge is -2.24. The quantitative estimate of drug-likeness (QED) is 0.801. The van der Waals surface area contributed by atoms with Gasteiger partial charge in [-0.3, -0.25) is 4.79 Å². The molecular weight excluding hydrogens is 282 g/mol. The van der Waals surface area contributed by atoms with E-state index in [1.165, 1.54) is 0 Å². The molecule has 92 valence electrons. The maximum atomic E-state index is 11.0. The predicted molar refractivity (Wildman–Crippen MR) is 71.8 cm³/mol. The maximum absolute atomic E-state index is 11.0. The Labute approximate surface area is 110 Å². The molecular formula is C13H16BrNO2. The molecule has 0 amide bonds. The normalized spacial score (nSPS) is 19.3. The molecule has 0 bridgehead atoms. The Bertz CT molecular complexity index is 402. The third kappa shape index (κ3) is 3.07. The van der Waals surface area contributed by atoms with Crippen LogP contribution in [-0.4, -0.2) is 32.6 Å². The van der Waals surface area contributed by atoms with Gasteiger partial charge in [0.15, 0.2) is 6.29 Å². The van der Waals surface area contributed by atoms with Crippen molar-refractivity contribution in [3.8, 4) is 0 Å². The number of nitrogens with zero attached hydrogens (tertiary/aromatic N) is 1. The van der Waals surface area contributed by atoms with Gasteiger partial charge in [-0.25, -0.2) is 0 Å². The van der Waals surface area contributed by atoms with Crippen LogP contribution in [0.25, 0.3) is 0 Å². The molecule has 2 rings (SSSR count). The van der Waals surface area contributed by atoms with Crippen molar-refractivity contribution in [3.05, 3.63) is 28.2 Å². The van der Waals surface area contributed by atoms with E-state index < -0.39 is 0 Å². The molecule has 1 aromatic carbocycles. The van der Waals surface area contributed by atoms with Crippen LogP contribution in [0.2, 0.25) is 0 Å². The van der Waals surface area contributed by atoms with E-state index in [4.69, 9.17) is 4.74 Å². The van der Waals surface area contributed by atoms with Crippen molar-refractivity contribution in [2.45, 2.75) is 18.9 Å². The highest BCUT2D eigenvalue weighted by atomic mass is 79.9. The summed E-state index contributed by atoms with van der Waals surface area (Å²) >= 11 is 3.43. The van der Waals surface area contributed by atoms with Crippen LogP contribution >= 0.6 is 15.9 Å². The summed E-state index contributed by atoms with van der Waals surface area (Å²) in [6.45, 7) is 1.69.